The first kappa shape index (κ1) is 58.4. The summed E-state index contributed by atoms with van der Waals surface area (Å²) in [5, 5.41) is 0. The summed E-state index contributed by atoms with van der Waals surface area (Å²) in [6.45, 7) is 6.69. The zero-order chi connectivity index (χ0) is 43.7. The van der Waals surface area contributed by atoms with E-state index in [9.17, 15) is 14.4 Å². The van der Waals surface area contributed by atoms with Crippen molar-refractivity contribution in [3.8, 4) is 0 Å². The number of hydrogen-bond acceptors (Lipinski definition) is 6. The standard InChI is InChI=1S/C54H104O6/c1-4-7-10-13-16-19-22-25-27-30-32-35-38-41-44-47-53(56)59-50-51(60-54(57)48-45-42-39-36-33-28-24-21-18-15-12-9-6-3)49-58-52(55)46-43-40-37-34-31-29-26-23-20-17-14-11-8-5-2/h51H,4-50H2,1-3H3/t51-/m0/s1. The van der Waals surface area contributed by atoms with E-state index in [1.807, 2.05) is 0 Å². The van der Waals surface area contributed by atoms with Crippen LogP contribution in [0.5, 0.6) is 0 Å². The molecule has 0 aromatic carbocycles. The molecule has 0 fully saturated rings. The van der Waals surface area contributed by atoms with E-state index < -0.39 is 6.10 Å². The molecule has 0 N–H and O–H groups in total. The predicted octanol–water partition coefficient (Wildman–Crippen LogP) is 17.6. The van der Waals surface area contributed by atoms with Crippen LogP contribution in [0.2, 0.25) is 0 Å². The molecule has 0 unspecified atom stereocenters. The summed E-state index contributed by atoms with van der Waals surface area (Å²) in [5.74, 6) is -0.837. The summed E-state index contributed by atoms with van der Waals surface area (Å²) in [4.78, 5) is 38.0. The Morgan fingerprint density at radius 1 is 0.267 bits per heavy atom. The van der Waals surface area contributed by atoms with Crippen LogP contribution in [0.15, 0.2) is 0 Å². The van der Waals surface area contributed by atoms with Gasteiger partial charge in [0.1, 0.15) is 13.2 Å². The normalized spacial score (nSPS) is 11.8. The Morgan fingerprint density at radius 3 is 0.667 bits per heavy atom. The van der Waals surface area contributed by atoms with Gasteiger partial charge in [-0.05, 0) is 19.3 Å². The number of ether oxygens (including phenoxy) is 3. The molecule has 0 heterocycles. The summed E-state index contributed by atoms with van der Waals surface area (Å²) in [5.41, 5.74) is 0. The average molecular weight is 849 g/mol. The van der Waals surface area contributed by atoms with Crippen molar-refractivity contribution in [2.24, 2.45) is 0 Å². The van der Waals surface area contributed by atoms with Crippen LogP contribution in [0.3, 0.4) is 0 Å². The van der Waals surface area contributed by atoms with E-state index in [0.29, 0.717) is 19.3 Å². The Bertz CT molecular complexity index is 889. The molecule has 0 aliphatic rings. The number of carbonyl (C=O) groups excluding carboxylic acids is 3. The molecule has 0 spiro atoms. The largest absolute Gasteiger partial charge is 0.462 e. The fraction of sp³-hybridized carbons (Fsp3) is 0.944. The van der Waals surface area contributed by atoms with Gasteiger partial charge in [-0.15, -0.1) is 0 Å². The number of rotatable bonds is 50. The van der Waals surface area contributed by atoms with Crippen LogP contribution in [0.1, 0.15) is 310 Å². The molecule has 6 nitrogen and oxygen atoms in total. The lowest BCUT2D eigenvalue weighted by molar-refractivity contribution is -0.167. The highest BCUT2D eigenvalue weighted by molar-refractivity contribution is 5.71. The predicted molar refractivity (Wildman–Crippen MR) is 257 cm³/mol. The molecule has 356 valence electrons. The summed E-state index contributed by atoms with van der Waals surface area (Å²) >= 11 is 0. The highest BCUT2D eigenvalue weighted by Gasteiger charge is 2.19. The molecule has 6 heteroatoms. The summed E-state index contributed by atoms with van der Waals surface area (Å²) in [6, 6.07) is 0. The molecule has 60 heavy (non-hydrogen) atoms. The van der Waals surface area contributed by atoms with Crippen molar-refractivity contribution in [1.29, 1.82) is 0 Å². The molecule has 0 saturated carbocycles. The van der Waals surface area contributed by atoms with Crippen LogP contribution in [0, 0.1) is 0 Å². The molecule has 0 aliphatic carbocycles. The minimum absolute atomic E-state index is 0.0615. The Kier molecular flexibility index (Phi) is 48.7. The monoisotopic (exact) mass is 849 g/mol. The van der Waals surface area contributed by atoms with Crippen molar-refractivity contribution in [1.82, 2.24) is 0 Å². The molecule has 0 saturated heterocycles. The third-order valence-corrected chi connectivity index (χ3v) is 12.4. The van der Waals surface area contributed by atoms with Gasteiger partial charge < -0.3 is 14.2 Å². The fourth-order valence-electron chi connectivity index (χ4n) is 8.27. The van der Waals surface area contributed by atoms with Gasteiger partial charge in [-0.2, -0.15) is 0 Å². The minimum atomic E-state index is -0.759. The fourth-order valence-corrected chi connectivity index (χ4v) is 8.27. The van der Waals surface area contributed by atoms with Gasteiger partial charge in [0.15, 0.2) is 6.10 Å². The number of esters is 3. The molecular formula is C54H104O6. The van der Waals surface area contributed by atoms with E-state index in [1.165, 1.54) is 212 Å². The second-order valence-electron chi connectivity index (χ2n) is 18.5. The number of carbonyl (C=O) groups is 3. The van der Waals surface area contributed by atoms with Crippen molar-refractivity contribution in [3.05, 3.63) is 0 Å². The van der Waals surface area contributed by atoms with E-state index in [1.54, 1.807) is 0 Å². The SMILES string of the molecule is CCCCCCCCCCCCCCCCCC(=O)OC[C@H](COC(=O)CCCCCCCCCCCCCCCC)OC(=O)CCCCCCCCCCCCCCC. The first-order valence-corrected chi connectivity index (χ1v) is 27.0. The quantitative estimate of drug-likeness (QED) is 0.0345. The zero-order valence-electron chi connectivity index (χ0n) is 40.8. The Balaban J connectivity index is 4.30. The van der Waals surface area contributed by atoms with Crippen molar-refractivity contribution < 1.29 is 28.6 Å². The Hall–Kier alpha value is -1.59. The molecule has 0 rings (SSSR count). The molecule has 0 radical (unpaired) electrons. The first-order valence-electron chi connectivity index (χ1n) is 27.0. The second kappa shape index (κ2) is 50.1. The van der Waals surface area contributed by atoms with Crippen LogP contribution >= 0.6 is 0 Å². The topological polar surface area (TPSA) is 78.9 Å². The van der Waals surface area contributed by atoms with E-state index >= 15 is 0 Å². The molecule has 0 bridgehead atoms. The Labute approximate surface area is 374 Å². The summed E-state index contributed by atoms with van der Waals surface area (Å²) in [6.07, 6.45) is 53.7. The lowest BCUT2D eigenvalue weighted by atomic mass is 10.0. The van der Waals surface area contributed by atoms with E-state index in [0.717, 1.165) is 57.8 Å². The van der Waals surface area contributed by atoms with Crippen molar-refractivity contribution >= 4 is 17.9 Å². The lowest BCUT2D eigenvalue weighted by Crippen LogP contribution is -2.30. The average Bonchev–Trinajstić information content (AvgIpc) is 3.24. The van der Waals surface area contributed by atoms with Gasteiger partial charge >= 0.3 is 17.9 Å². The number of unbranched alkanes of at least 4 members (excludes halogenated alkanes) is 39. The molecule has 0 aromatic heterocycles. The van der Waals surface area contributed by atoms with Gasteiger partial charge in [-0.1, -0.05) is 271 Å². The molecular weight excluding hydrogens is 745 g/mol. The summed E-state index contributed by atoms with van der Waals surface area (Å²) < 4.78 is 16.8. The third kappa shape index (κ3) is 47.5. The summed E-state index contributed by atoms with van der Waals surface area (Å²) in [7, 11) is 0. The van der Waals surface area contributed by atoms with Gasteiger partial charge in [0.05, 0.1) is 0 Å². The van der Waals surface area contributed by atoms with E-state index in [-0.39, 0.29) is 31.1 Å². The minimum Gasteiger partial charge on any atom is -0.462 e. The highest BCUT2D eigenvalue weighted by Crippen LogP contribution is 2.17. The van der Waals surface area contributed by atoms with E-state index in [2.05, 4.69) is 20.8 Å². The lowest BCUT2D eigenvalue weighted by Gasteiger charge is -2.18. The second-order valence-corrected chi connectivity index (χ2v) is 18.5. The van der Waals surface area contributed by atoms with Crippen molar-refractivity contribution in [2.75, 3.05) is 13.2 Å². The van der Waals surface area contributed by atoms with Crippen LogP contribution in [-0.2, 0) is 28.6 Å². The maximum absolute atomic E-state index is 12.8. The Morgan fingerprint density at radius 2 is 0.450 bits per heavy atom. The van der Waals surface area contributed by atoms with Crippen LogP contribution in [0.4, 0.5) is 0 Å². The molecule has 0 aliphatic heterocycles. The third-order valence-electron chi connectivity index (χ3n) is 12.4. The van der Waals surface area contributed by atoms with Gasteiger partial charge in [0, 0.05) is 19.3 Å². The van der Waals surface area contributed by atoms with Gasteiger partial charge in [0.25, 0.3) is 0 Å². The van der Waals surface area contributed by atoms with Gasteiger partial charge in [-0.3, -0.25) is 14.4 Å². The van der Waals surface area contributed by atoms with Crippen molar-refractivity contribution in [3.63, 3.8) is 0 Å². The maximum atomic E-state index is 12.8. The van der Waals surface area contributed by atoms with Crippen molar-refractivity contribution in [2.45, 2.75) is 316 Å². The smallest absolute Gasteiger partial charge is 0.306 e. The first-order chi connectivity index (χ1) is 29.5. The molecule has 1 atom stereocenters. The van der Waals surface area contributed by atoms with Gasteiger partial charge in [-0.25, -0.2) is 0 Å². The molecule has 0 amide bonds. The maximum Gasteiger partial charge on any atom is 0.306 e. The van der Waals surface area contributed by atoms with Gasteiger partial charge in [0.2, 0.25) is 0 Å². The van der Waals surface area contributed by atoms with Crippen LogP contribution in [0.25, 0.3) is 0 Å². The van der Waals surface area contributed by atoms with Crippen LogP contribution in [-0.4, -0.2) is 37.2 Å². The zero-order valence-corrected chi connectivity index (χ0v) is 40.8. The van der Waals surface area contributed by atoms with Crippen LogP contribution < -0.4 is 0 Å². The highest BCUT2D eigenvalue weighted by atomic mass is 16.6. The number of hydrogen-bond donors (Lipinski definition) is 0. The van der Waals surface area contributed by atoms with E-state index in [4.69, 9.17) is 14.2 Å². The molecule has 0 aromatic rings.